The predicted octanol–water partition coefficient (Wildman–Crippen LogP) is 2.72. The maximum atomic E-state index is 11.5. The summed E-state index contributed by atoms with van der Waals surface area (Å²) in [5.74, 6) is -0.567. The van der Waals surface area contributed by atoms with E-state index < -0.39 is 5.97 Å². The third-order valence-corrected chi connectivity index (χ3v) is 2.59. The number of hydrogen-bond acceptors (Lipinski definition) is 4. The van der Waals surface area contributed by atoms with Gasteiger partial charge in [0.25, 0.3) is 0 Å². The molecular formula is C14H18O5. The Morgan fingerprint density at radius 1 is 0.947 bits per heavy atom. The smallest absolute Gasteiger partial charge is 0.311 e. The molecule has 0 atom stereocenters. The summed E-state index contributed by atoms with van der Waals surface area (Å²) in [7, 11) is 0. The lowest BCUT2D eigenvalue weighted by Crippen LogP contribution is -2.07. The van der Waals surface area contributed by atoms with Crippen LogP contribution in [0.5, 0.6) is 11.5 Å². The quantitative estimate of drug-likeness (QED) is 0.429. The molecule has 0 fully saturated rings. The first-order valence-electron chi connectivity index (χ1n) is 6.29. The molecule has 5 heteroatoms. The fraction of sp³-hybridized carbons (Fsp3) is 0.429. The average molecular weight is 266 g/mol. The van der Waals surface area contributed by atoms with Crippen LogP contribution in [0.15, 0.2) is 24.3 Å². The minimum atomic E-state index is -0.785. The van der Waals surface area contributed by atoms with Gasteiger partial charge >= 0.3 is 11.9 Å². The van der Waals surface area contributed by atoms with Crippen molar-refractivity contribution in [3.63, 3.8) is 0 Å². The number of aliphatic carboxylic acids is 1. The first-order valence-corrected chi connectivity index (χ1v) is 6.29. The lowest BCUT2D eigenvalue weighted by molar-refractivity contribution is -0.137. The Bertz CT molecular complexity index is 410. The lowest BCUT2D eigenvalue weighted by Gasteiger charge is -2.04. The zero-order valence-corrected chi connectivity index (χ0v) is 10.7. The van der Waals surface area contributed by atoms with E-state index in [0.29, 0.717) is 25.0 Å². The van der Waals surface area contributed by atoms with E-state index in [1.165, 1.54) is 24.3 Å². The molecule has 5 nitrogen and oxygen atoms in total. The van der Waals surface area contributed by atoms with Gasteiger partial charge < -0.3 is 14.9 Å². The molecule has 0 spiro atoms. The largest absolute Gasteiger partial charge is 0.508 e. The summed E-state index contributed by atoms with van der Waals surface area (Å²) in [6.45, 7) is 0. The molecule has 104 valence electrons. The third-order valence-electron chi connectivity index (χ3n) is 2.59. The maximum Gasteiger partial charge on any atom is 0.311 e. The van der Waals surface area contributed by atoms with E-state index in [2.05, 4.69) is 0 Å². The molecule has 1 aromatic rings. The van der Waals surface area contributed by atoms with Crippen molar-refractivity contribution in [3.8, 4) is 11.5 Å². The van der Waals surface area contributed by atoms with Crippen molar-refractivity contribution in [2.24, 2.45) is 0 Å². The number of phenolic OH excluding ortho intramolecular Hbond substituents is 1. The number of hydrogen-bond donors (Lipinski definition) is 2. The Hall–Kier alpha value is -2.04. The summed E-state index contributed by atoms with van der Waals surface area (Å²) < 4.78 is 5.07. The van der Waals surface area contributed by atoms with Crippen LogP contribution in [0.1, 0.15) is 38.5 Å². The van der Waals surface area contributed by atoms with Crippen molar-refractivity contribution >= 4 is 11.9 Å². The number of esters is 1. The van der Waals surface area contributed by atoms with Crippen molar-refractivity contribution in [3.05, 3.63) is 24.3 Å². The molecule has 19 heavy (non-hydrogen) atoms. The van der Waals surface area contributed by atoms with Crippen molar-refractivity contribution < 1.29 is 24.5 Å². The summed E-state index contributed by atoms with van der Waals surface area (Å²) in [6, 6.07) is 5.96. The molecule has 0 aromatic heterocycles. The van der Waals surface area contributed by atoms with Gasteiger partial charge in [-0.2, -0.15) is 0 Å². The van der Waals surface area contributed by atoms with Crippen molar-refractivity contribution in [2.75, 3.05) is 0 Å². The third kappa shape index (κ3) is 7.08. The van der Waals surface area contributed by atoms with E-state index in [4.69, 9.17) is 14.9 Å². The molecule has 0 unspecified atom stereocenters. The molecular weight excluding hydrogens is 248 g/mol. The Balaban J connectivity index is 2.11. The number of rotatable bonds is 8. The van der Waals surface area contributed by atoms with E-state index >= 15 is 0 Å². The molecule has 0 saturated heterocycles. The average Bonchev–Trinajstić information content (AvgIpc) is 2.36. The van der Waals surface area contributed by atoms with Gasteiger partial charge in [-0.05, 0) is 37.1 Å². The second-order valence-corrected chi connectivity index (χ2v) is 4.28. The second-order valence-electron chi connectivity index (χ2n) is 4.28. The zero-order valence-electron chi connectivity index (χ0n) is 10.7. The molecule has 1 rings (SSSR count). The van der Waals surface area contributed by atoms with Gasteiger partial charge in [-0.1, -0.05) is 12.8 Å². The summed E-state index contributed by atoms with van der Waals surface area (Å²) in [5.41, 5.74) is 0. The Morgan fingerprint density at radius 3 is 2.11 bits per heavy atom. The van der Waals surface area contributed by atoms with E-state index in [0.717, 1.165) is 12.8 Å². The monoisotopic (exact) mass is 266 g/mol. The van der Waals surface area contributed by atoms with Gasteiger partial charge in [0.2, 0.25) is 0 Å². The van der Waals surface area contributed by atoms with Crippen LogP contribution >= 0.6 is 0 Å². The zero-order chi connectivity index (χ0) is 14.1. The minimum Gasteiger partial charge on any atom is -0.508 e. The molecule has 0 amide bonds. The van der Waals surface area contributed by atoms with Gasteiger partial charge in [-0.25, -0.2) is 0 Å². The maximum absolute atomic E-state index is 11.5. The molecule has 0 saturated carbocycles. The number of aromatic hydroxyl groups is 1. The van der Waals surface area contributed by atoms with E-state index in [-0.39, 0.29) is 18.1 Å². The van der Waals surface area contributed by atoms with Crippen LogP contribution in [0.25, 0.3) is 0 Å². The summed E-state index contributed by atoms with van der Waals surface area (Å²) in [6.07, 6.45) is 3.45. The van der Waals surface area contributed by atoms with E-state index in [1.807, 2.05) is 0 Å². The standard InChI is InChI=1S/C14H18O5/c15-11-7-9-12(10-8-11)19-14(18)6-4-2-1-3-5-13(16)17/h7-10,15H,1-6H2,(H,16,17). The number of ether oxygens (including phenoxy) is 1. The van der Waals surface area contributed by atoms with Crippen LogP contribution in [0.4, 0.5) is 0 Å². The van der Waals surface area contributed by atoms with Gasteiger partial charge in [0.1, 0.15) is 11.5 Å². The molecule has 1 aromatic carbocycles. The van der Waals surface area contributed by atoms with Gasteiger partial charge in [0, 0.05) is 12.8 Å². The highest BCUT2D eigenvalue weighted by Gasteiger charge is 2.05. The van der Waals surface area contributed by atoms with Crippen LogP contribution in [0.2, 0.25) is 0 Å². The summed E-state index contributed by atoms with van der Waals surface area (Å²) in [5, 5.41) is 17.5. The van der Waals surface area contributed by atoms with Gasteiger partial charge in [-0.3, -0.25) is 9.59 Å². The minimum absolute atomic E-state index is 0.123. The van der Waals surface area contributed by atoms with Crippen molar-refractivity contribution in [2.45, 2.75) is 38.5 Å². The highest BCUT2D eigenvalue weighted by atomic mass is 16.5. The van der Waals surface area contributed by atoms with Crippen LogP contribution in [-0.4, -0.2) is 22.2 Å². The molecule has 0 aliphatic rings. The number of phenols is 1. The Labute approximate surface area is 111 Å². The summed E-state index contributed by atoms with van der Waals surface area (Å²) >= 11 is 0. The van der Waals surface area contributed by atoms with Crippen molar-refractivity contribution in [1.29, 1.82) is 0 Å². The number of carbonyl (C=O) groups is 2. The van der Waals surface area contributed by atoms with Gasteiger partial charge in [0.05, 0.1) is 0 Å². The Morgan fingerprint density at radius 2 is 1.53 bits per heavy atom. The number of unbranched alkanes of at least 4 members (excludes halogenated alkanes) is 3. The van der Waals surface area contributed by atoms with E-state index in [1.54, 1.807) is 0 Å². The van der Waals surface area contributed by atoms with Gasteiger partial charge in [-0.15, -0.1) is 0 Å². The topological polar surface area (TPSA) is 83.8 Å². The highest BCUT2D eigenvalue weighted by molar-refractivity contribution is 5.72. The first-order chi connectivity index (χ1) is 9.08. The first kappa shape index (κ1) is 15.0. The number of carboxylic acid groups (broad SMARTS) is 1. The van der Waals surface area contributed by atoms with Crippen LogP contribution in [-0.2, 0) is 9.59 Å². The lowest BCUT2D eigenvalue weighted by atomic mass is 10.1. The van der Waals surface area contributed by atoms with Crippen LogP contribution < -0.4 is 4.74 Å². The highest BCUT2D eigenvalue weighted by Crippen LogP contribution is 2.16. The van der Waals surface area contributed by atoms with Crippen LogP contribution in [0.3, 0.4) is 0 Å². The molecule has 2 N–H and O–H groups in total. The van der Waals surface area contributed by atoms with Crippen LogP contribution in [0, 0.1) is 0 Å². The fourth-order valence-electron chi connectivity index (χ4n) is 1.60. The number of benzene rings is 1. The molecule has 0 radical (unpaired) electrons. The molecule has 0 heterocycles. The summed E-state index contributed by atoms with van der Waals surface area (Å²) in [4.78, 5) is 21.7. The SMILES string of the molecule is O=C(O)CCCCCCC(=O)Oc1ccc(O)cc1. The predicted molar refractivity (Wildman–Crippen MR) is 69.1 cm³/mol. The normalized spacial score (nSPS) is 10.1. The van der Waals surface area contributed by atoms with Crippen molar-refractivity contribution in [1.82, 2.24) is 0 Å². The van der Waals surface area contributed by atoms with E-state index in [9.17, 15) is 9.59 Å². The number of carboxylic acids is 1. The second kappa shape index (κ2) is 8.13. The fourth-order valence-corrected chi connectivity index (χ4v) is 1.60. The molecule has 0 aliphatic heterocycles. The van der Waals surface area contributed by atoms with Gasteiger partial charge in [0.15, 0.2) is 0 Å². The Kier molecular flexibility index (Phi) is 6.43. The molecule has 0 bridgehead atoms. The molecule has 0 aliphatic carbocycles. The number of carbonyl (C=O) groups excluding carboxylic acids is 1.